The van der Waals surface area contributed by atoms with E-state index in [9.17, 15) is 4.21 Å². The Labute approximate surface area is 201 Å². The monoisotopic (exact) mass is 491 g/mol. The summed E-state index contributed by atoms with van der Waals surface area (Å²) in [5.74, 6) is 0.347. The van der Waals surface area contributed by atoms with Gasteiger partial charge in [-0.2, -0.15) is 0 Å². The lowest BCUT2D eigenvalue weighted by Crippen LogP contribution is -2.39. The highest BCUT2D eigenvalue weighted by molar-refractivity contribution is 7.96. The number of rotatable bonds is 11. The van der Waals surface area contributed by atoms with Crippen LogP contribution in [-0.4, -0.2) is 19.6 Å². The molecule has 3 nitrogen and oxygen atoms in total. The first-order valence-electron chi connectivity index (χ1n) is 11.6. The maximum atomic E-state index is 13.6. The van der Waals surface area contributed by atoms with Gasteiger partial charge in [-0.25, -0.2) is 8.57 Å². The predicted molar refractivity (Wildman–Crippen MR) is 141 cm³/mol. The van der Waals surface area contributed by atoms with Crippen molar-refractivity contribution in [3.63, 3.8) is 0 Å². The van der Waals surface area contributed by atoms with Crippen LogP contribution in [0.15, 0.2) is 75.3 Å². The highest BCUT2D eigenvalue weighted by atomic mass is 35.5. The van der Waals surface area contributed by atoms with Crippen molar-refractivity contribution in [1.29, 1.82) is 0 Å². The van der Waals surface area contributed by atoms with Crippen LogP contribution in [0.3, 0.4) is 0 Å². The van der Waals surface area contributed by atoms with E-state index in [1.807, 2.05) is 42.5 Å². The number of benzene rings is 2. The molecule has 0 aliphatic rings. The maximum absolute atomic E-state index is 13.6. The Kier molecular flexibility index (Phi) is 10.2. The third-order valence-corrected chi connectivity index (χ3v) is 13.4. The molecule has 2 aromatic carbocycles. The van der Waals surface area contributed by atoms with E-state index in [0.29, 0.717) is 10.9 Å². The van der Waals surface area contributed by atoms with Gasteiger partial charge in [0.05, 0.1) is 20.7 Å². The first kappa shape index (κ1) is 26.8. The molecule has 0 radical (unpaired) electrons. The van der Waals surface area contributed by atoms with Gasteiger partial charge in [0.2, 0.25) is 0 Å². The minimum atomic E-state index is -2.64. The summed E-state index contributed by atoms with van der Waals surface area (Å²) in [5.41, 5.74) is 1.12. The molecule has 0 fully saturated rings. The largest absolute Gasteiger partial charge is 0.409 e. The number of hydrogen-bond donors (Lipinski definition) is 0. The molecule has 0 amide bonds. The molecular formula is C26H38ClNO2SSi. The van der Waals surface area contributed by atoms with Gasteiger partial charge in [0.1, 0.15) is 0 Å². The quantitative estimate of drug-likeness (QED) is 0.296. The molecule has 0 aliphatic carbocycles. The summed E-state index contributed by atoms with van der Waals surface area (Å²) in [5, 5.41) is 2.51. The second kappa shape index (κ2) is 12.2. The van der Waals surface area contributed by atoms with E-state index < -0.39 is 18.0 Å². The minimum Gasteiger partial charge on any atom is -0.409 e. The molecule has 1 unspecified atom stereocenters. The Hall–Kier alpha value is -1.40. The summed E-state index contributed by atoms with van der Waals surface area (Å²) >= 11 is 6.18. The molecule has 176 valence electrons. The van der Waals surface area contributed by atoms with Gasteiger partial charge in [-0.05, 0) is 53.9 Å². The van der Waals surface area contributed by atoms with E-state index in [-0.39, 0.29) is 12.0 Å². The van der Waals surface area contributed by atoms with Crippen molar-refractivity contribution in [2.45, 2.75) is 63.8 Å². The van der Waals surface area contributed by atoms with Crippen LogP contribution in [0.25, 0.3) is 0 Å². The van der Waals surface area contributed by atoms with E-state index in [0.717, 1.165) is 28.6 Å². The first-order chi connectivity index (χ1) is 15.2. The topological polar surface area (TPSA) is 38.7 Å². The van der Waals surface area contributed by atoms with Gasteiger partial charge >= 0.3 is 0 Å². The molecule has 0 saturated heterocycles. The van der Waals surface area contributed by atoms with E-state index >= 15 is 0 Å². The van der Waals surface area contributed by atoms with Crippen molar-refractivity contribution in [2.75, 3.05) is 7.05 Å². The van der Waals surface area contributed by atoms with Crippen LogP contribution in [-0.2, 0) is 14.2 Å². The second-order valence-corrected chi connectivity index (χ2v) is 16.0. The van der Waals surface area contributed by atoms with E-state index in [1.54, 1.807) is 12.5 Å². The zero-order valence-corrected chi connectivity index (χ0v) is 22.8. The van der Waals surface area contributed by atoms with Crippen molar-refractivity contribution in [1.82, 2.24) is 0 Å². The Morgan fingerprint density at radius 1 is 1.00 bits per heavy atom. The highest BCUT2D eigenvalue weighted by Crippen LogP contribution is 2.39. The number of nitrogens with zero attached hydrogens (tertiary/aromatic N) is 1. The van der Waals surface area contributed by atoms with Gasteiger partial charge in [-0.15, -0.1) is 0 Å². The molecule has 6 heteroatoms. The highest BCUT2D eigenvalue weighted by Gasteiger charge is 2.36. The van der Waals surface area contributed by atoms with Crippen LogP contribution in [0.4, 0.5) is 0 Å². The lowest BCUT2D eigenvalue weighted by Gasteiger charge is -2.38. The van der Waals surface area contributed by atoms with Gasteiger partial charge < -0.3 is 4.43 Å². The summed E-state index contributed by atoms with van der Waals surface area (Å²) in [6.07, 6.45) is 1.96. The molecule has 0 saturated carbocycles. The lowest BCUT2D eigenvalue weighted by molar-refractivity contribution is 0.120. The SMILES string of the molecule is CC[Si](CC)(CC)O[C@@H](c1ccc(Cl)cc1)[C@H](/C=C\S(=O)(=NC)c1ccccc1)C(C)C. The number of halogens is 1. The molecule has 2 aromatic rings. The van der Waals surface area contributed by atoms with E-state index in [1.165, 1.54) is 0 Å². The minimum absolute atomic E-state index is 0.0546. The molecule has 0 heterocycles. The zero-order valence-electron chi connectivity index (χ0n) is 20.3. The first-order valence-corrected chi connectivity index (χ1v) is 16.0. The molecular weight excluding hydrogens is 454 g/mol. The summed E-state index contributed by atoms with van der Waals surface area (Å²) in [6, 6.07) is 20.7. The number of hydrogen-bond acceptors (Lipinski definition) is 3. The van der Waals surface area contributed by atoms with Crippen LogP contribution in [0, 0.1) is 11.8 Å². The second-order valence-electron chi connectivity index (χ2n) is 8.55. The average Bonchev–Trinajstić information content (AvgIpc) is 2.82. The van der Waals surface area contributed by atoms with Crippen molar-refractivity contribution in [3.8, 4) is 0 Å². The van der Waals surface area contributed by atoms with E-state index in [4.69, 9.17) is 16.0 Å². The van der Waals surface area contributed by atoms with Crippen LogP contribution >= 0.6 is 11.6 Å². The van der Waals surface area contributed by atoms with Gasteiger partial charge in [0.25, 0.3) is 0 Å². The molecule has 32 heavy (non-hydrogen) atoms. The molecule has 0 spiro atoms. The standard InChI is InChI=1S/C26H38ClNO2SSi/c1-7-32(8-2,9-3)30-26(22-15-17-23(27)18-16-22)25(21(4)5)19-20-31(29,28-6)24-13-11-10-12-14-24/h10-21,25-26H,7-9H2,1-6H3/b20-19-/t25-,26+,31?/m1/s1. The zero-order chi connectivity index (χ0) is 23.8. The van der Waals surface area contributed by atoms with E-state index in [2.05, 4.69) is 57.2 Å². The lowest BCUT2D eigenvalue weighted by atomic mass is 9.87. The van der Waals surface area contributed by atoms with Crippen molar-refractivity contribution >= 4 is 29.6 Å². The van der Waals surface area contributed by atoms with Crippen molar-refractivity contribution in [3.05, 3.63) is 76.7 Å². The Bertz CT molecular complexity index is 970. The van der Waals surface area contributed by atoms with Crippen LogP contribution in [0.2, 0.25) is 23.2 Å². The molecule has 0 aliphatic heterocycles. The molecule has 0 N–H and O–H groups in total. The summed E-state index contributed by atoms with van der Waals surface area (Å²) in [4.78, 5) is 0.726. The average molecular weight is 492 g/mol. The van der Waals surface area contributed by atoms with Crippen LogP contribution in [0.1, 0.15) is 46.3 Å². The summed E-state index contributed by atoms with van der Waals surface area (Å²) in [6.45, 7) is 11.1. The van der Waals surface area contributed by atoms with Crippen LogP contribution < -0.4 is 0 Å². The smallest absolute Gasteiger partial charge is 0.192 e. The molecule has 2 rings (SSSR count). The van der Waals surface area contributed by atoms with Crippen molar-refractivity contribution < 1.29 is 8.63 Å². The van der Waals surface area contributed by atoms with Gasteiger partial charge in [-0.1, -0.05) is 82.6 Å². The summed E-state index contributed by atoms with van der Waals surface area (Å²) < 4.78 is 25.0. The summed E-state index contributed by atoms with van der Waals surface area (Å²) in [7, 11) is -2.91. The molecule has 0 bridgehead atoms. The fourth-order valence-electron chi connectivity index (χ4n) is 4.02. The Morgan fingerprint density at radius 3 is 2.03 bits per heavy atom. The maximum Gasteiger partial charge on any atom is 0.192 e. The van der Waals surface area contributed by atoms with Crippen molar-refractivity contribution in [2.24, 2.45) is 16.2 Å². The fourth-order valence-corrected chi connectivity index (χ4v) is 8.41. The molecule has 3 atom stereocenters. The predicted octanol–water partition coefficient (Wildman–Crippen LogP) is 8.35. The van der Waals surface area contributed by atoms with Gasteiger partial charge in [0.15, 0.2) is 8.32 Å². The Morgan fingerprint density at radius 2 is 1.56 bits per heavy atom. The third kappa shape index (κ3) is 6.57. The molecule has 0 aromatic heterocycles. The van der Waals surface area contributed by atoms with Gasteiger partial charge in [0, 0.05) is 23.4 Å². The Balaban J connectivity index is 2.55. The third-order valence-electron chi connectivity index (χ3n) is 6.47. The normalized spacial score (nSPS) is 16.1. The fraction of sp³-hybridized carbons (Fsp3) is 0.462. The van der Waals surface area contributed by atoms with Crippen LogP contribution in [0.5, 0.6) is 0 Å². The van der Waals surface area contributed by atoms with Gasteiger partial charge in [-0.3, -0.25) is 0 Å².